The Bertz CT molecular complexity index is 604. The summed E-state index contributed by atoms with van der Waals surface area (Å²) in [6.07, 6.45) is -4.35. The number of hydrazone groups is 1. The van der Waals surface area contributed by atoms with Crippen LogP contribution in [-0.2, 0) is 6.18 Å². The number of benzene rings is 2. The van der Waals surface area contributed by atoms with E-state index in [2.05, 4.69) is 10.5 Å². The SMILES string of the molecule is C/C(=N\Nc1cccc(C(F)(F)F)c1)c1ccccc1. The molecule has 1 N–H and O–H groups in total. The van der Waals surface area contributed by atoms with Gasteiger partial charge in [-0.1, -0.05) is 36.4 Å². The summed E-state index contributed by atoms with van der Waals surface area (Å²) < 4.78 is 37.7. The van der Waals surface area contributed by atoms with Crippen LogP contribution in [0.2, 0.25) is 0 Å². The third-order valence-electron chi connectivity index (χ3n) is 2.73. The maximum atomic E-state index is 12.6. The molecule has 0 bridgehead atoms. The predicted octanol–water partition coefficient (Wildman–Crippen LogP) is 4.54. The first kappa shape index (κ1) is 14.1. The molecule has 0 heterocycles. The van der Waals surface area contributed by atoms with Crippen LogP contribution in [0.3, 0.4) is 0 Å². The van der Waals surface area contributed by atoms with Gasteiger partial charge >= 0.3 is 6.18 Å². The van der Waals surface area contributed by atoms with Gasteiger partial charge in [0.05, 0.1) is 17.0 Å². The topological polar surface area (TPSA) is 24.4 Å². The molecule has 0 radical (unpaired) electrons. The zero-order chi connectivity index (χ0) is 14.6. The minimum absolute atomic E-state index is 0.301. The monoisotopic (exact) mass is 278 g/mol. The Balaban J connectivity index is 2.15. The lowest BCUT2D eigenvalue weighted by atomic mass is 10.1. The molecule has 0 aromatic heterocycles. The number of nitrogens with zero attached hydrogens (tertiary/aromatic N) is 1. The number of alkyl halides is 3. The van der Waals surface area contributed by atoms with Crippen molar-refractivity contribution in [2.24, 2.45) is 5.10 Å². The number of nitrogens with one attached hydrogen (secondary N) is 1. The van der Waals surface area contributed by atoms with Gasteiger partial charge in [0.15, 0.2) is 0 Å². The summed E-state index contributed by atoms with van der Waals surface area (Å²) in [5, 5.41) is 4.09. The van der Waals surface area contributed by atoms with Crippen molar-refractivity contribution in [3.05, 3.63) is 65.7 Å². The number of rotatable bonds is 3. The standard InChI is InChI=1S/C15H13F3N2/c1-11(12-6-3-2-4-7-12)19-20-14-9-5-8-13(10-14)15(16,17)18/h2-10,20H,1H3/b19-11+. The third-order valence-corrected chi connectivity index (χ3v) is 2.73. The fourth-order valence-corrected chi connectivity index (χ4v) is 1.66. The van der Waals surface area contributed by atoms with Gasteiger partial charge in [-0.05, 0) is 30.7 Å². The fourth-order valence-electron chi connectivity index (χ4n) is 1.66. The lowest BCUT2D eigenvalue weighted by Gasteiger charge is -2.08. The molecular weight excluding hydrogens is 265 g/mol. The number of anilines is 1. The van der Waals surface area contributed by atoms with Crippen LogP contribution < -0.4 is 5.43 Å². The van der Waals surface area contributed by atoms with Crippen LogP contribution in [0.5, 0.6) is 0 Å². The van der Waals surface area contributed by atoms with Gasteiger partial charge in [-0.3, -0.25) is 5.43 Å². The van der Waals surface area contributed by atoms with Crippen LogP contribution in [-0.4, -0.2) is 5.71 Å². The van der Waals surface area contributed by atoms with Crippen LogP contribution in [0.4, 0.5) is 18.9 Å². The molecule has 2 rings (SSSR count). The van der Waals surface area contributed by atoms with E-state index in [0.717, 1.165) is 17.7 Å². The van der Waals surface area contributed by atoms with Gasteiger partial charge in [0, 0.05) is 0 Å². The van der Waals surface area contributed by atoms with E-state index >= 15 is 0 Å². The zero-order valence-corrected chi connectivity index (χ0v) is 10.8. The van der Waals surface area contributed by atoms with Gasteiger partial charge < -0.3 is 0 Å². The summed E-state index contributed by atoms with van der Waals surface area (Å²) in [7, 11) is 0. The second kappa shape index (κ2) is 5.77. The maximum absolute atomic E-state index is 12.6. The Hall–Kier alpha value is -2.30. The Labute approximate surface area is 114 Å². The molecular formula is C15H13F3N2. The molecule has 0 aliphatic heterocycles. The summed E-state index contributed by atoms with van der Waals surface area (Å²) in [5.74, 6) is 0. The molecule has 0 atom stereocenters. The molecule has 0 amide bonds. The van der Waals surface area contributed by atoms with Crippen molar-refractivity contribution in [3.8, 4) is 0 Å². The molecule has 104 valence electrons. The molecule has 2 nitrogen and oxygen atoms in total. The molecule has 2 aromatic carbocycles. The largest absolute Gasteiger partial charge is 0.416 e. The molecule has 0 fully saturated rings. The van der Waals surface area contributed by atoms with Gasteiger partial charge in [0.1, 0.15) is 0 Å². The predicted molar refractivity (Wildman–Crippen MR) is 73.7 cm³/mol. The van der Waals surface area contributed by atoms with Crippen molar-refractivity contribution in [2.45, 2.75) is 13.1 Å². The van der Waals surface area contributed by atoms with Crippen molar-refractivity contribution in [3.63, 3.8) is 0 Å². The average molecular weight is 278 g/mol. The van der Waals surface area contributed by atoms with Crippen LogP contribution >= 0.6 is 0 Å². The van der Waals surface area contributed by atoms with Crippen molar-refractivity contribution in [1.29, 1.82) is 0 Å². The van der Waals surface area contributed by atoms with E-state index in [0.29, 0.717) is 11.4 Å². The van der Waals surface area contributed by atoms with E-state index in [-0.39, 0.29) is 0 Å². The van der Waals surface area contributed by atoms with E-state index < -0.39 is 11.7 Å². The summed E-state index contributed by atoms with van der Waals surface area (Å²) in [5.41, 5.74) is 3.85. The van der Waals surface area contributed by atoms with E-state index in [1.807, 2.05) is 30.3 Å². The van der Waals surface area contributed by atoms with Crippen LogP contribution in [0, 0.1) is 0 Å². The van der Waals surface area contributed by atoms with E-state index in [1.165, 1.54) is 12.1 Å². The fraction of sp³-hybridized carbons (Fsp3) is 0.133. The van der Waals surface area contributed by atoms with Gasteiger partial charge in [0.2, 0.25) is 0 Å². The lowest BCUT2D eigenvalue weighted by Crippen LogP contribution is -2.05. The van der Waals surface area contributed by atoms with E-state index in [9.17, 15) is 13.2 Å². The molecule has 0 saturated heterocycles. The Morgan fingerprint density at radius 1 is 1.00 bits per heavy atom. The summed E-state index contributed by atoms with van der Waals surface area (Å²) >= 11 is 0. The summed E-state index contributed by atoms with van der Waals surface area (Å²) in [6.45, 7) is 1.79. The summed E-state index contributed by atoms with van der Waals surface area (Å²) in [6, 6.07) is 14.3. The first-order valence-electron chi connectivity index (χ1n) is 6.00. The number of halogens is 3. The molecule has 2 aromatic rings. The first-order chi connectivity index (χ1) is 9.47. The zero-order valence-electron chi connectivity index (χ0n) is 10.8. The highest BCUT2D eigenvalue weighted by Crippen LogP contribution is 2.30. The normalized spacial score (nSPS) is 12.3. The molecule has 0 aliphatic rings. The molecule has 0 spiro atoms. The first-order valence-corrected chi connectivity index (χ1v) is 6.00. The lowest BCUT2D eigenvalue weighted by molar-refractivity contribution is -0.137. The molecule has 0 unspecified atom stereocenters. The Kier molecular flexibility index (Phi) is 4.08. The van der Waals surface area contributed by atoms with Crippen LogP contribution in [0.15, 0.2) is 59.7 Å². The van der Waals surface area contributed by atoms with Crippen molar-refractivity contribution >= 4 is 11.4 Å². The van der Waals surface area contributed by atoms with E-state index in [4.69, 9.17) is 0 Å². The Morgan fingerprint density at radius 2 is 1.70 bits per heavy atom. The molecule has 20 heavy (non-hydrogen) atoms. The van der Waals surface area contributed by atoms with Gasteiger partial charge in [0.25, 0.3) is 0 Å². The third kappa shape index (κ3) is 3.60. The molecule has 0 saturated carbocycles. The van der Waals surface area contributed by atoms with E-state index in [1.54, 1.807) is 6.92 Å². The molecule has 5 heteroatoms. The minimum Gasteiger partial charge on any atom is -0.278 e. The second-order valence-electron chi connectivity index (χ2n) is 4.25. The van der Waals surface area contributed by atoms with Gasteiger partial charge in [-0.15, -0.1) is 0 Å². The highest BCUT2D eigenvalue weighted by atomic mass is 19.4. The highest BCUT2D eigenvalue weighted by molar-refractivity contribution is 5.99. The maximum Gasteiger partial charge on any atom is 0.416 e. The number of hydrogen-bond donors (Lipinski definition) is 1. The quantitative estimate of drug-likeness (QED) is 0.647. The highest BCUT2D eigenvalue weighted by Gasteiger charge is 2.30. The Morgan fingerprint density at radius 3 is 2.35 bits per heavy atom. The van der Waals surface area contributed by atoms with Crippen LogP contribution in [0.25, 0.3) is 0 Å². The van der Waals surface area contributed by atoms with Crippen molar-refractivity contribution in [1.82, 2.24) is 0 Å². The van der Waals surface area contributed by atoms with Crippen LogP contribution in [0.1, 0.15) is 18.1 Å². The van der Waals surface area contributed by atoms with Crippen molar-refractivity contribution < 1.29 is 13.2 Å². The number of hydrogen-bond acceptors (Lipinski definition) is 2. The second-order valence-corrected chi connectivity index (χ2v) is 4.25. The average Bonchev–Trinajstić information content (AvgIpc) is 2.45. The van der Waals surface area contributed by atoms with Crippen molar-refractivity contribution in [2.75, 3.05) is 5.43 Å². The smallest absolute Gasteiger partial charge is 0.278 e. The molecule has 0 aliphatic carbocycles. The van der Waals surface area contributed by atoms with Gasteiger partial charge in [-0.2, -0.15) is 18.3 Å². The summed E-state index contributed by atoms with van der Waals surface area (Å²) in [4.78, 5) is 0. The minimum atomic E-state index is -4.35. The van der Waals surface area contributed by atoms with Gasteiger partial charge in [-0.25, -0.2) is 0 Å².